The van der Waals surface area contributed by atoms with E-state index in [1.807, 2.05) is 11.8 Å². The molecule has 3 rings (SSSR count). The van der Waals surface area contributed by atoms with Crippen LogP contribution in [0, 0.1) is 5.92 Å². The maximum absolute atomic E-state index is 13.2. The molecular formula is C18H28N4O2. The lowest BCUT2D eigenvalue weighted by atomic mass is 10.00. The van der Waals surface area contributed by atoms with Crippen molar-refractivity contribution in [2.24, 2.45) is 5.92 Å². The third-order valence-electron chi connectivity index (χ3n) is 5.34. The number of carbonyl (C=O) groups is 2. The zero-order chi connectivity index (χ0) is 16.9. The molecule has 132 valence electrons. The number of nitrogens with one attached hydrogen (secondary N) is 1. The molecule has 1 aromatic rings. The van der Waals surface area contributed by atoms with Crippen LogP contribution in [0.2, 0.25) is 0 Å². The van der Waals surface area contributed by atoms with Gasteiger partial charge in [0, 0.05) is 31.9 Å². The van der Waals surface area contributed by atoms with Crippen molar-refractivity contribution in [2.75, 3.05) is 13.1 Å². The first kappa shape index (κ1) is 17.0. The van der Waals surface area contributed by atoms with Gasteiger partial charge in [0.1, 0.15) is 5.69 Å². The van der Waals surface area contributed by atoms with Gasteiger partial charge in [-0.2, -0.15) is 5.10 Å². The fourth-order valence-electron chi connectivity index (χ4n) is 4.05. The Morgan fingerprint density at radius 3 is 2.92 bits per heavy atom. The van der Waals surface area contributed by atoms with Gasteiger partial charge in [-0.15, -0.1) is 0 Å². The smallest absolute Gasteiger partial charge is 0.272 e. The average Bonchev–Trinajstić information content (AvgIpc) is 3.24. The molecule has 0 aromatic carbocycles. The molecule has 1 aromatic heterocycles. The Balaban J connectivity index is 1.86. The first-order valence-electron chi connectivity index (χ1n) is 9.33. The summed E-state index contributed by atoms with van der Waals surface area (Å²) in [6.07, 6.45) is 8.73. The van der Waals surface area contributed by atoms with E-state index in [1.165, 1.54) is 0 Å². The summed E-state index contributed by atoms with van der Waals surface area (Å²) in [6.45, 7) is 4.17. The fourth-order valence-corrected chi connectivity index (χ4v) is 4.05. The van der Waals surface area contributed by atoms with Crippen LogP contribution >= 0.6 is 0 Å². The van der Waals surface area contributed by atoms with Gasteiger partial charge >= 0.3 is 0 Å². The maximum atomic E-state index is 13.2. The monoisotopic (exact) mass is 332 g/mol. The van der Waals surface area contributed by atoms with Crippen LogP contribution in [0.3, 0.4) is 0 Å². The third kappa shape index (κ3) is 3.47. The van der Waals surface area contributed by atoms with E-state index in [9.17, 15) is 9.59 Å². The number of aryl methyl sites for hydroxylation is 1. The average molecular weight is 332 g/mol. The van der Waals surface area contributed by atoms with Crippen molar-refractivity contribution in [3.63, 3.8) is 0 Å². The van der Waals surface area contributed by atoms with Crippen LogP contribution in [0.25, 0.3) is 0 Å². The van der Waals surface area contributed by atoms with E-state index in [0.717, 1.165) is 58.0 Å². The van der Waals surface area contributed by atoms with Gasteiger partial charge in [0.25, 0.3) is 5.91 Å². The van der Waals surface area contributed by atoms with Crippen LogP contribution in [0.1, 0.15) is 62.4 Å². The molecule has 0 unspecified atom stereocenters. The molecule has 2 atom stereocenters. The molecule has 6 nitrogen and oxygen atoms in total. The second-order valence-electron chi connectivity index (χ2n) is 6.84. The lowest BCUT2D eigenvalue weighted by Gasteiger charge is -2.32. The molecule has 6 heteroatoms. The van der Waals surface area contributed by atoms with Crippen LogP contribution in [0.15, 0.2) is 12.3 Å². The molecule has 1 aliphatic carbocycles. The minimum absolute atomic E-state index is 0.0239. The molecule has 1 aliphatic heterocycles. The highest BCUT2D eigenvalue weighted by atomic mass is 16.2. The molecule has 1 saturated carbocycles. The predicted molar refractivity (Wildman–Crippen MR) is 91.5 cm³/mol. The summed E-state index contributed by atoms with van der Waals surface area (Å²) in [5.41, 5.74) is 0.637. The molecule has 1 saturated heterocycles. The van der Waals surface area contributed by atoms with E-state index in [2.05, 4.69) is 10.4 Å². The zero-order valence-electron chi connectivity index (χ0n) is 14.5. The molecule has 0 bridgehead atoms. The van der Waals surface area contributed by atoms with Gasteiger partial charge < -0.3 is 10.2 Å². The normalized spacial score (nSPS) is 25.7. The van der Waals surface area contributed by atoms with Crippen molar-refractivity contribution < 1.29 is 9.59 Å². The number of hydrogen-bond donors (Lipinski definition) is 1. The third-order valence-corrected chi connectivity index (χ3v) is 5.34. The van der Waals surface area contributed by atoms with E-state index in [0.29, 0.717) is 12.2 Å². The number of aromatic nitrogens is 2. The second kappa shape index (κ2) is 7.81. The summed E-state index contributed by atoms with van der Waals surface area (Å²) in [6, 6.07) is 1.82. The van der Waals surface area contributed by atoms with E-state index in [-0.39, 0.29) is 23.8 Å². The summed E-state index contributed by atoms with van der Waals surface area (Å²) < 4.78 is 1.75. The first-order chi connectivity index (χ1) is 11.7. The van der Waals surface area contributed by atoms with E-state index in [4.69, 9.17) is 0 Å². The van der Waals surface area contributed by atoms with Crippen LogP contribution in [-0.4, -0.2) is 45.6 Å². The second-order valence-corrected chi connectivity index (χ2v) is 6.84. The summed E-state index contributed by atoms with van der Waals surface area (Å²) in [5, 5.41) is 7.31. The highest BCUT2D eigenvalue weighted by Gasteiger charge is 2.39. The number of nitrogens with zero attached hydrogens (tertiary/aromatic N) is 3. The van der Waals surface area contributed by atoms with Crippen LogP contribution in [0.5, 0.6) is 0 Å². The number of rotatable bonds is 2. The highest BCUT2D eigenvalue weighted by Crippen LogP contribution is 2.32. The van der Waals surface area contributed by atoms with Crippen LogP contribution in [-0.2, 0) is 11.3 Å². The summed E-state index contributed by atoms with van der Waals surface area (Å²) in [5.74, 6) is 0.0875. The van der Waals surface area contributed by atoms with Gasteiger partial charge in [0.15, 0.2) is 0 Å². The Bertz CT molecular complexity index is 583. The Morgan fingerprint density at radius 2 is 2.08 bits per heavy atom. The van der Waals surface area contributed by atoms with Gasteiger partial charge in [-0.05, 0) is 38.7 Å². The van der Waals surface area contributed by atoms with Crippen LogP contribution < -0.4 is 5.32 Å². The SMILES string of the molecule is CCn1nccc1C(=O)N1CCCCCCNC(=O)[C@@H]2CCC[C@@H]21. The number of hydrogen-bond acceptors (Lipinski definition) is 3. The quantitative estimate of drug-likeness (QED) is 0.903. The Hall–Kier alpha value is -1.85. The van der Waals surface area contributed by atoms with Gasteiger partial charge in [-0.25, -0.2) is 0 Å². The molecule has 2 amide bonds. The minimum atomic E-state index is -0.0648. The number of amides is 2. The van der Waals surface area contributed by atoms with Crippen molar-refractivity contribution in [2.45, 2.75) is 64.5 Å². The Labute approximate surface area is 143 Å². The van der Waals surface area contributed by atoms with E-state index >= 15 is 0 Å². The molecule has 2 heterocycles. The van der Waals surface area contributed by atoms with Gasteiger partial charge in [-0.3, -0.25) is 14.3 Å². The highest BCUT2D eigenvalue weighted by molar-refractivity contribution is 5.93. The molecule has 24 heavy (non-hydrogen) atoms. The standard InChI is InChI=1S/C18H28N4O2/c1-2-22-16(10-12-20-22)18(24)21-13-6-4-3-5-11-19-17(23)14-8-7-9-15(14)21/h10,12,14-15H,2-9,11,13H2,1H3,(H,19,23)/t14-,15+/m1/s1. The van der Waals surface area contributed by atoms with Gasteiger partial charge in [0.2, 0.25) is 5.91 Å². The molecule has 2 aliphatic rings. The van der Waals surface area contributed by atoms with Crippen molar-refractivity contribution in [3.05, 3.63) is 18.0 Å². The fraction of sp³-hybridized carbons (Fsp3) is 0.722. The largest absolute Gasteiger partial charge is 0.356 e. The molecule has 2 fully saturated rings. The molecular weight excluding hydrogens is 304 g/mol. The Morgan fingerprint density at radius 1 is 1.25 bits per heavy atom. The summed E-state index contributed by atoms with van der Waals surface area (Å²) in [7, 11) is 0. The minimum Gasteiger partial charge on any atom is -0.356 e. The number of carbonyl (C=O) groups excluding carboxylic acids is 2. The van der Waals surface area contributed by atoms with Crippen LogP contribution in [0.4, 0.5) is 0 Å². The molecule has 0 spiro atoms. The zero-order valence-corrected chi connectivity index (χ0v) is 14.5. The Kier molecular flexibility index (Phi) is 5.53. The van der Waals surface area contributed by atoms with Crippen molar-refractivity contribution in [3.8, 4) is 0 Å². The number of fused-ring (bicyclic) bond motifs is 1. The van der Waals surface area contributed by atoms with E-state index in [1.54, 1.807) is 16.9 Å². The molecule has 1 N–H and O–H groups in total. The predicted octanol–water partition coefficient (Wildman–Crippen LogP) is 2.20. The van der Waals surface area contributed by atoms with Gasteiger partial charge in [0.05, 0.1) is 5.92 Å². The van der Waals surface area contributed by atoms with Gasteiger partial charge in [-0.1, -0.05) is 19.3 Å². The van der Waals surface area contributed by atoms with Crippen molar-refractivity contribution in [1.82, 2.24) is 20.0 Å². The van der Waals surface area contributed by atoms with Crippen molar-refractivity contribution in [1.29, 1.82) is 0 Å². The first-order valence-corrected chi connectivity index (χ1v) is 9.33. The summed E-state index contributed by atoms with van der Waals surface area (Å²) in [4.78, 5) is 27.7. The van der Waals surface area contributed by atoms with E-state index < -0.39 is 0 Å². The molecule has 0 radical (unpaired) electrons. The summed E-state index contributed by atoms with van der Waals surface area (Å²) >= 11 is 0. The maximum Gasteiger partial charge on any atom is 0.272 e. The lowest BCUT2D eigenvalue weighted by molar-refractivity contribution is -0.126. The topological polar surface area (TPSA) is 67.2 Å². The van der Waals surface area contributed by atoms with Crippen molar-refractivity contribution >= 4 is 11.8 Å². The lowest BCUT2D eigenvalue weighted by Crippen LogP contribution is -2.47.